The minimum absolute atomic E-state index is 0.0390. The summed E-state index contributed by atoms with van der Waals surface area (Å²) >= 11 is 0. The molecule has 1 aromatic carbocycles. The molecule has 4 fully saturated rings. The van der Waals surface area contributed by atoms with Crippen LogP contribution in [0.2, 0.25) is 0 Å². The minimum atomic E-state index is -0.493. The summed E-state index contributed by atoms with van der Waals surface area (Å²) in [6.45, 7) is 4.13. The number of hydrogen-bond donors (Lipinski definition) is 3. The van der Waals surface area contributed by atoms with Crippen molar-refractivity contribution in [3.8, 4) is 5.75 Å². The molecule has 3 amide bonds. The largest absolute Gasteiger partial charge is 0.496 e. The molecule has 0 radical (unpaired) electrons. The Labute approximate surface area is 275 Å². The van der Waals surface area contributed by atoms with E-state index in [-0.39, 0.29) is 42.3 Å². The molecule has 254 valence electrons. The molecule has 3 saturated heterocycles. The number of methoxy groups -OCH3 is 2. The predicted molar refractivity (Wildman–Crippen MR) is 171 cm³/mol. The van der Waals surface area contributed by atoms with Gasteiger partial charge in [-0.05, 0) is 74.8 Å². The summed E-state index contributed by atoms with van der Waals surface area (Å²) in [7, 11) is 2.85. The van der Waals surface area contributed by atoms with Gasteiger partial charge in [0, 0.05) is 74.7 Å². The number of carbonyl (C=O) groups excluding carboxylic acids is 3. The highest BCUT2D eigenvalue weighted by atomic mass is 19.1. The number of hydrogen-bond acceptors (Lipinski definition) is 9. The number of halogens is 1. The van der Waals surface area contributed by atoms with Crippen LogP contribution in [0.1, 0.15) is 55.0 Å². The Morgan fingerprint density at radius 2 is 1.81 bits per heavy atom. The molecule has 0 spiro atoms. The number of nitrogens with one attached hydrogen (secondary N) is 3. The maximum absolute atomic E-state index is 15.1. The molecule has 47 heavy (non-hydrogen) atoms. The number of hydrazine groups is 1. The fourth-order valence-corrected chi connectivity index (χ4v) is 7.86. The highest BCUT2D eigenvalue weighted by molar-refractivity contribution is 5.83. The lowest BCUT2D eigenvalue weighted by Gasteiger charge is -2.43. The number of carbonyl (C=O) groups is 3. The second-order valence-corrected chi connectivity index (χ2v) is 13.2. The standard InChI is InChI=1S/C34H46FN7O5/c1-21-17-22(11-12-36-21)31-25-18-23(7-9-28(25)38-39-31)32(43)37-24-8-10-29(33(44)40-13-15-41(16-14-40)34(45)47-3)42(19-24)20-26-27(35)5-4-6-30(26)46-2/h4-6,11-12,17,23-25,28-29,31,38-39H,7-10,13-16,18-20H2,1-3H3,(H,37,43)/t23?,24-,25?,28?,29+,31?/m1/s1. The average molecular weight is 652 g/mol. The number of aryl methyl sites for hydroxylation is 1. The highest BCUT2D eigenvalue weighted by Gasteiger charge is 2.44. The fraction of sp³-hybridized carbons (Fsp3) is 0.588. The van der Waals surface area contributed by atoms with Gasteiger partial charge in [0.1, 0.15) is 11.6 Å². The number of likely N-dealkylation sites (tertiary alicyclic amines) is 1. The van der Waals surface area contributed by atoms with E-state index < -0.39 is 18.0 Å². The molecule has 1 aromatic heterocycles. The SMILES string of the molecule is COC(=O)N1CCN(C(=O)[C@@H]2CC[C@@H](NC(=O)C3CCC4NNC(c5ccnc(C)c5)C4C3)CN2Cc2c(F)cccc2OC)CC1. The van der Waals surface area contributed by atoms with E-state index in [1.807, 2.05) is 24.1 Å². The smallest absolute Gasteiger partial charge is 0.409 e. The van der Waals surface area contributed by atoms with Crippen LogP contribution in [0.4, 0.5) is 9.18 Å². The maximum atomic E-state index is 15.1. The summed E-state index contributed by atoms with van der Waals surface area (Å²) < 4.78 is 25.4. The quantitative estimate of drug-likeness (QED) is 0.414. The molecule has 13 heteroatoms. The van der Waals surface area contributed by atoms with E-state index in [0.717, 1.165) is 25.0 Å². The summed E-state index contributed by atoms with van der Waals surface area (Å²) in [4.78, 5) is 49.3. The van der Waals surface area contributed by atoms with Crippen molar-refractivity contribution in [2.45, 2.75) is 69.7 Å². The molecule has 3 N–H and O–H groups in total. The van der Waals surface area contributed by atoms with Crippen LogP contribution in [0.25, 0.3) is 0 Å². The summed E-state index contributed by atoms with van der Waals surface area (Å²) in [5.41, 5.74) is 9.43. The number of benzene rings is 1. The van der Waals surface area contributed by atoms with Gasteiger partial charge in [-0.15, -0.1) is 0 Å². The monoisotopic (exact) mass is 651 g/mol. The zero-order valence-corrected chi connectivity index (χ0v) is 27.4. The van der Waals surface area contributed by atoms with E-state index >= 15 is 4.39 Å². The van der Waals surface area contributed by atoms with Gasteiger partial charge in [-0.1, -0.05) is 6.07 Å². The van der Waals surface area contributed by atoms with E-state index in [1.165, 1.54) is 25.8 Å². The van der Waals surface area contributed by atoms with Crippen molar-refractivity contribution in [2.24, 2.45) is 11.8 Å². The molecule has 4 unspecified atom stereocenters. The normalized spacial score (nSPS) is 28.0. The van der Waals surface area contributed by atoms with Crippen molar-refractivity contribution in [3.63, 3.8) is 0 Å². The van der Waals surface area contributed by atoms with E-state index in [9.17, 15) is 14.4 Å². The molecular formula is C34H46FN7O5. The second-order valence-electron chi connectivity index (χ2n) is 13.2. The molecule has 4 aliphatic rings. The van der Waals surface area contributed by atoms with E-state index in [0.29, 0.717) is 62.9 Å². The predicted octanol–water partition coefficient (Wildman–Crippen LogP) is 2.53. The molecule has 2 aromatic rings. The number of pyridine rings is 1. The molecule has 12 nitrogen and oxygen atoms in total. The molecular weight excluding hydrogens is 605 g/mol. The lowest BCUT2D eigenvalue weighted by molar-refractivity contribution is -0.140. The first kappa shape index (κ1) is 33.1. The number of aromatic nitrogens is 1. The van der Waals surface area contributed by atoms with Gasteiger partial charge in [0.05, 0.1) is 26.3 Å². The number of piperidine rings is 1. The van der Waals surface area contributed by atoms with E-state index in [1.54, 1.807) is 21.9 Å². The number of amides is 3. The topological polar surface area (TPSA) is 128 Å². The van der Waals surface area contributed by atoms with Gasteiger partial charge in [-0.25, -0.2) is 14.6 Å². The van der Waals surface area contributed by atoms with Crippen molar-refractivity contribution in [1.29, 1.82) is 0 Å². The average Bonchev–Trinajstić information content (AvgIpc) is 3.52. The number of ether oxygens (including phenoxy) is 2. The van der Waals surface area contributed by atoms with Gasteiger partial charge in [-0.3, -0.25) is 24.9 Å². The van der Waals surface area contributed by atoms with Gasteiger partial charge < -0.3 is 24.6 Å². The van der Waals surface area contributed by atoms with Gasteiger partial charge in [0.2, 0.25) is 11.8 Å². The first-order valence-electron chi connectivity index (χ1n) is 16.7. The first-order valence-corrected chi connectivity index (χ1v) is 16.7. The van der Waals surface area contributed by atoms with Gasteiger partial charge in [0.15, 0.2) is 0 Å². The first-order chi connectivity index (χ1) is 22.7. The zero-order chi connectivity index (χ0) is 33.1. The molecule has 3 aliphatic heterocycles. The Morgan fingerprint density at radius 1 is 1.02 bits per heavy atom. The van der Waals surface area contributed by atoms with Crippen LogP contribution >= 0.6 is 0 Å². The van der Waals surface area contributed by atoms with Crippen molar-refractivity contribution < 1.29 is 28.2 Å². The van der Waals surface area contributed by atoms with Crippen LogP contribution < -0.4 is 20.9 Å². The molecule has 1 aliphatic carbocycles. The maximum Gasteiger partial charge on any atom is 0.409 e. The van der Waals surface area contributed by atoms with Crippen molar-refractivity contribution in [3.05, 3.63) is 59.2 Å². The molecule has 1 saturated carbocycles. The third kappa shape index (κ3) is 7.21. The van der Waals surface area contributed by atoms with Crippen LogP contribution in [-0.4, -0.2) is 103 Å². The zero-order valence-electron chi connectivity index (χ0n) is 27.4. The van der Waals surface area contributed by atoms with Gasteiger partial charge in [0.25, 0.3) is 0 Å². The third-order valence-electron chi connectivity index (χ3n) is 10.4. The van der Waals surface area contributed by atoms with Gasteiger partial charge >= 0.3 is 6.09 Å². The van der Waals surface area contributed by atoms with E-state index in [2.05, 4.69) is 27.2 Å². The third-order valence-corrected chi connectivity index (χ3v) is 10.4. The summed E-state index contributed by atoms with van der Waals surface area (Å²) in [5, 5.41) is 3.32. The minimum Gasteiger partial charge on any atom is -0.496 e. The molecule has 6 atom stereocenters. The Kier molecular flexibility index (Phi) is 10.2. The Hall–Kier alpha value is -3.81. The second kappa shape index (κ2) is 14.5. The van der Waals surface area contributed by atoms with Crippen LogP contribution in [0.5, 0.6) is 5.75 Å². The van der Waals surface area contributed by atoms with E-state index in [4.69, 9.17) is 9.47 Å². The van der Waals surface area contributed by atoms with Crippen LogP contribution in [-0.2, 0) is 20.9 Å². The summed E-state index contributed by atoms with van der Waals surface area (Å²) in [5.74, 6) is 0.170. The molecule has 6 rings (SSSR count). The van der Waals surface area contributed by atoms with Gasteiger partial charge in [-0.2, -0.15) is 0 Å². The van der Waals surface area contributed by atoms with Crippen LogP contribution in [0, 0.1) is 24.6 Å². The number of nitrogens with zero attached hydrogens (tertiary/aromatic N) is 4. The fourth-order valence-electron chi connectivity index (χ4n) is 7.86. The van der Waals surface area contributed by atoms with Crippen LogP contribution in [0.15, 0.2) is 36.5 Å². The number of rotatable bonds is 7. The van der Waals surface area contributed by atoms with Crippen molar-refractivity contribution in [2.75, 3.05) is 46.9 Å². The lowest BCUT2D eigenvalue weighted by Crippen LogP contribution is -2.60. The van der Waals surface area contributed by atoms with Crippen molar-refractivity contribution in [1.82, 2.24) is 35.9 Å². The van der Waals surface area contributed by atoms with Crippen LogP contribution in [0.3, 0.4) is 0 Å². The summed E-state index contributed by atoms with van der Waals surface area (Å²) in [6.07, 6.45) is 5.05. The highest BCUT2D eigenvalue weighted by Crippen LogP contribution is 2.40. The number of piperazine rings is 1. The molecule has 4 heterocycles. The van der Waals surface area contributed by atoms with Crippen molar-refractivity contribution >= 4 is 17.9 Å². The summed E-state index contributed by atoms with van der Waals surface area (Å²) in [6, 6.07) is 8.59. The Bertz CT molecular complexity index is 1450. The Morgan fingerprint density at radius 3 is 2.55 bits per heavy atom. The number of fused-ring (bicyclic) bond motifs is 1. The lowest BCUT2D eigenvalue weighted by atomic mass is 9.74. The molecule has 0 bridgehead atoms. The Balaban J connectivity index is 1.13.